The molecule has 1 aromatic carbocycles. The number of carbonyl (C=O) groups excluding carboxylic acids is 1. The average Bonchev–Trinajstić information content (AvgIpc) is 2.45. The maximum atomic E-state index is 12.2. The first-order valence-electron chi connectivity index (χ1n) is 6.90. The minimum Gasteiger partial charge on any atom is -0.476 e. The van der Waals surface area contributed by atoms with E-state index in [-0.39, 0.29) is 16.3 Å². The molecule has 1 N–H and O–H groups in total. The monoisotopic (exact) mass is 333 g/mol. The molecule has 23 heavy (non-hydrogen) atoms. The van der Waals surface area contributed by atoms with Gasteiger partial charge in [-0.05, 0) is 44.5 Å². The SMILES string of the molecule is CC(C)(C)OC(=O)c1cc(-c2cccnc2C(=O)O)ccc1Cl. The Balaban J connectivity index is 2.50. The minimum absolute atomic E-state index is 0.0926. The van der Waals surface area contributed by atoms with Crippen LogP contribution in [0, 0.1) is 0 Å². The third kappa shape index (κ3) is 4.07. The topological polar surface area (TPSA) is 76.5 Å². The van der Waals surface area contributed by atoms with E-state index in [4.69, 9.17) is 16.3 Å². The quantitative estimate of drug-likeness (QED) is 0.857. The first-order chi connectivity index (χ1) is 10.7. The van der Waals surface area contributed by atoms with Gasteiger partial charge in [-0.25, -0.2) is 14.6 Å². The zero-order chi connectivity index (χ0) is 17.2. The molecule has 0 saturated heterocycles. The Morgan fingerprint density at radius 3 is 2.52 bits per heavy atom. The molecule has 0 aliphatic heterocycles. The molecule has 0 unspecified atom stereocenters. The Hall–Kier alpha value is -2.40. The van der Waals surface area contributed by atoms with E-state index in [2.05, 4.69) is 4.98 Å². The number of carbonyl (C=O) groups is 2. The molecule has 5 nitrogen and oxygen atoms in total. The summed E-state index contributed by atoms with van der Waals surface area (Å²) < 4.78 is 5.32. The molecular formula is C17H16ClNO4. The van der Waals surface area contributed by atoms with Crippen LogP contribution in [0.4, 0.5) is 0 Å². The number of halogens is 1. The van der Waals surface area contributed by atoms with Gasteiger partial charge >= 0.3 is 11.9 Å². The Kier molecular flexibility index (Phi) is 4.71. The summed E-state index contributed by atoms with van der Waals surface area (Å²) in [6.45, 7) is 5.27. The average molecular weight is 334 g/mol. The van der Waals surface area contributed by atoms with Gasteiger partial charge in [-0.2, -0.15) is 0 Å². The van der Waals surface area contributed by atoms with Crippen molar-refractivity contribution in [1.29, 1.82) is 0 Å². The molecule has 0 aliphatic carbocycles. The summed E-state index contributed by atoms with van der Waals surface area (Å²) in [6.07, 6.45) is 1.40. The lowest BCUT2D eigenvalue weighted by Crippen LogP contribution is -2.24. The lowest BCUT2D eigenvalue weighted by atomic mass is 10.0. The molecule has 1 heterocycles. The van der Waals surface area contributed by atoms with Gasteiger partial charge in [0, 0.05) is 11.8 Å². The Bertz CT molecular complexity index is 765. The second-order valence-corrected chi connectivity index (χ2v) is 6.31. The fraction of sp³-hybridized carbons (Fsp3) is 0.235. The van der Waals surface area contributed by atoms with Gasteiger partial charge in [-0.15, -0.1) is 0 Å². The van der Waals surface area contributed by atoms with E-state index >= 15 is 0 Å². The highest BCUT2D eigenvalue weighted by atomic mass is 35.5. The highest BCUT2D eigenvalue weighted by molar-refractivity contribution is 6.33. The van der Waals surface area contributed by atoms with Crippen molar-refractivity contribution in [2.24, 2.45) is 0 Å². The summed E-state index contributed by atoms with van der Waals surface area (Å²) in [5.74, 6) is -1.71. The molecule has 6 heteroatoms. The minimum atomic E-state index is -1.14. The molecule has 0 amide bonds. The third-order valence-corrected chi connectivity index (χ3v) is 3.24. The van der Waals surface area contributed by atoms with Crippen molar-refractivity contribution in [3.05, 3.63) is 52.8 Å². The number of aromatic nitrogens is 1. The number of esters is 1. The fourth-order valence-corrected chi connectivity index (χ4v) is 2.19. The smallest absolute Gasteiger partial charge is 0.355 e. The van der Waals surface area contributed by atoms with Crippen LogP contribution < -0.4 is 0 Å². The number of carboxylic acid groups (broad SMARTS) is 1. The Morgan fingerprint density at radius 2 is 1.91 bits per heavy atom. The molecule has 0 radical (unpaired) electrons. The molecule has 2 rings (SSSR count). The van der Waals surface area contributed by atoms with Crippen molar-refractivity contribution in [2.75, 3.05) is 0 Å². The van der Waals surface area contributed by atoms with Gasteiger partial charge in [0.25, 0.3) is 0 Å². The molecule has 0 atom stereocenters. The van der Waals surface area contributed by atoms with Crippen LogP contribution in [0.15, 0.2) is 36.5 Å². The van der Waals surface area contributed by atoms with Crippen molar-refractivity contribution in [3.8, 4) is 11.1 Å². The summed E-state index contributed by atoms with van der Waals surface area (Å²) >= 11 is 6.08. The number of benzene rings is 1. The van der Waals surface area contributed by atoms with Crippen molar-refractivity contribution in [2.45, 2.75) is 26.4 Å². The predicted octanol–water partition coefficient (Wildman–Crippen LogP) is 4.06. The van der Waals surface area contributed by atoms with Gasteiger partial charge in [0.15, 0.2) is 5.69 Å². The summed E-state index contributed by atoms with van der Waals surface area (Å²) in [5.41, 5.74) is 0.364. The molecule has 0 bridgehead atoms. The van der Waals surface area contributed by atoms with E-state index in [1.165, 1.54) is 18.3 Å². The van der Waals surface area contributed by atoms with Crippen LogP contribution in [0.5, 0.6) is 0 Å². The van der Waals surface area contributed by atoms with Crippen LogP contribution in [0.2, 0.25) is 5.02 Å². The van der Waals surface area contributed by atoms with Crippen molar-refractivity contribution in [3.63, 3.8) is 0 Å². The lowest BCUT2D eigenvalue weighted by molar-refractivity contribution is 0.00696. The second kappa shape index (κ2) is 6.38. The van der Waals surface area contributed by atoms with E-state index in [0.717, 1.165) is 0 Å². The number of pyridine rings is 1. The van der Waals surface area contributed by atoms with Crippen LogP contribution in [-0.4, -0.2) is 27.6 Å². The number of nitrogens with zero attached hydrogens (tertiary/aromatic N) is 1. The van der Waals surface area contributed by atoms with Crippen LogP contribution in [0.25, 0.3) is 11.1 Å². The largest absolute Gasteiger partial charge is 0.476 e. The van der Waals surface area contributed by atoms with Crippen LogP contribution >= 0.6 is 11.6 Å². The zero-order valence-electron chi connectivity index (χ0n) is 13.0. The standard InChI is InChI=1S/C17H16ClNO4/c1-17(2,3)23-16(22)12-9-10(6-7-13(12)18)11-5-4-8-19-14(11)15(20)21/h4-9H,1-3H3,(H,20,21). The number of aromatic carboxylic acids is 1. The molecule has 120 valence electrons. The molecule has 2 aromatic rings. The number of ether oxygens (including phenoxy) is 1. The van der Waals surface area contributed by atoms with E-state index < -0.39 is 17.5 Å². The van der Waals surface area contributed by atoms with Gasteiger partial charge in [0.05, 0.1) is 10.6 Å². The van der Waals surface area contributed by atoms with Crippen molar-refractivity contribution in [1.82, 2.24) is 4.98 Å². The fourth-order valence-electron chi connectivity index (χ4n) is 1.99. The van der Waals surface area contributed by atoms with Gasteiger partial charge in [0.2, 0.25) is 0 Å². The highest BCUT2D eigenvalue weighted by Crippen LogP contribution is 2.28. The van der Waals surface area contributed by atoms with Crippen LogP contribution in [0.3, 0.4) is 0 Å². The van der Waals surface area contributed by atoms with E-state index in [0.29, 0.717) is 11.1 Å². The predicted molar refractivity (Wildman–Crippen MR) is 86.8 cm³/mol. The number of hydrogen-bond donors (Lipinski definition) is 1. The molecule has 0 aliphatic rings. The Morgan fingerprint density at radius 1 is 1.22 bits per heavy atom. The number of hydrogen-bond acceptors (Lipinski definition) is 4. The molecule has 0 fully saturated rings. The lowest BCUT2D eigenvalue weighted by Gasteiger charge is -2.20. The molecule has 1 aromatic heterocycles. The van der Waals surface area contributed by atoms with Crippen molar-refractivity contribution >= 4 is 23.5 Å². The first-order valence-corrected chi connectivity index (χ1v) is 7.28. The zero-order valence-corrected chi connectivity index (χ0v) is 13.7. The third-order valence-electron chi connectivity index (χ3n) is 2.91. The molecule has 0 saturated carbocycles. The summed E-state index contributed by atoms with van der Waals surface area (Å²) in [7, 11) is 0. The van der Waals surface area contributed by atoms with Crippen LogP contribution in [-0.2, 0) is 4.74 Å². The first kappa shape index (κ1) is 17.0. The van der Waals surface area contributed by atoms with Crippen LogP contribution in [0.1, 0.15) is 41.6 Å². The summed E-state index contributed by atoms with van der Waals surface area (Å²) in [5, 5.41) is 9.47. The molecular weight excluding hydrogens is 318 g/mol. The maximum absolute atomic E-state index is 12.2. The number of carboxylic acids is 1. The van der Waals surface area contributed by atoms with Crippen molar-refractivity contribution < 1.29 is 19.4 Å². The normalized spacial score (nSPS) is 11.1. The summed E-state index contributed by atoms with van der Waals surface area (Å²) in [4.78, 5) is 27.4. The van der Waals surface area contributed by atoms with Gasteiger partial charge in [-0.1, -0.05) is 23.7 Å². The van der Waals surface area contributed by atoms with E-state index in [1.807, 2.05) is 0 Å². The molecule has 0 spiro atoms. The van der Waals surface area contributed by atoms with Gasteiger partial charge < -0.3 is 9.84 Å². The number of rotatable bonds is 3. The van der Waals surface area contributed by atoms with E-state index in [1.54, 1.807) is 39.0 Å². The summed E-state index contributed by atoms with van der Waals surface area (Å²) in [6, 6.07) is 7.94. The van der Waals surface area contributed by atoms with E-state index in [9.17, 15) is 14.7 Å². The van der Waals surface area contributed by atoms with Gasteiger partial charge in [-0.3, -0.25) is 0 Å². The second-order valence-electron chi connectivity index (χ2n) is 5.90. The Labute approximate surface area is 138 Å². The highest BCUT2D eigenvalue weighted by Gasteiger charge is 2.21. The maximum Gasteiger partial charge on any atom is 0.355 e. The van der Waals surface area contributed by atoms with Gasteiger partial charge in [0.1, 0.15) is 5.60 Å².